The molecule has 0 radical (unpaired) electrons. The van der Waals surface area contributed by atoms with Crippen LogP contribution in [0, 0.1) is 11.3 Å². The Labute approximate surface area is 186 Å². The molecule has 0 saturated heterocycles. The molecule has 3 aromatic rings. The summed E-state index contributed by atoms with van der Waals surface area (Å²) in [5.74, 6) is 0.0556. The van der Waals surface area contributed by atoms with Gasteiger partial charge < -0.3 is 9.88 Å². The van der Waals surface area contributed by atoms with Gasteiger partial charge in [-0.25, -0.2) is 4.98 Å². The van der Waals surface area contributed by atoms with E-state index in [1.165, 1.54) is 29.6 Å². The number of hydrogen-bond donors (Lipinski definition) is 1. The predicted molar refractivity (Wildman–Crippen MR) is 117 cm³/mol. The summed E-state index contributed by atoms with van der Waals surface area (Å²) in [6.07, 6.45) is -3.72. The van der Waals surface area contributed by atoms with Crippen molar-refractivity contribution in [2.45, 2.75) is 36.1 Å². The molecule has 0 unspecified atom stereocenters. The van der Waals surface area contributed by atoms with Crippen LogP contribution in [0.1, 0.15) is 18.9 Å². The predicted octanol–water partition coefficient (Wildman–Crippen LogP) is 5.81. The maximum Gasteiger partial charge on any atom is 0.416 e. The first-order valence-corrected chi connectivity index (χ1v) is 11.4. The number of thioether (sulfide) groups is 2. The number of carbonyl (C=O) groups excluding carboxylic acids is 1. The number of nitriles is 1. The fraction of sp³-hybridized carbons (Fsp3) is 0.286. The Balaban J connectivity index is 1.77. The zero-order chi connectivity index (χ0) is 22.4. The van der Waals surface area contributed by atoms with E-state index in [4.69, 9.17) is 5.26 Å². The van der Waals surface area contributed by atoms with Crippen LogP contribution in [0.3, 0.4) is 0 Å². The number of fused-ring (bicyclic) bond motifs is 1. The van der Waals surface area contributed by atoms with Gasteiger partial charge in [0.25, 0.3) is 0 Å². The molecule has 5 nitrogen and oxygen atoms in total. The molecule has 162 valence electrons. The maximum atomic E-state index is 13.1. The topological polar surface area (TPSA) is 70.7 Å². The molecule has 0 aliphatic carbocycles. The third-order valence-corrected chi connectivity index (χ3v) is 6.19. The minimum Gasteiger partial charge on any atom is -0.324 e. The van der Waals surface area contributed by atoms with E-state index in [1.54, 1.807) is 16.7 Å². The summed E-state index contributed by atoms with van der Waals surface area (Å²) in [5.41, 5.74) is 0.753. The number of carbonyl (C=O) groups is 1. The molecule has 10 heteroatoms. The molecule has 1 heterocycles. The van der Waals surface area contributed by atoms with Gasteiger partial charge in [0, 0.05) is 11.4 Å². The third kappa shape index (κ3) is 5.74. The molecule has 0 saturated carbocycles. The average molecular weight is 465 g/mol. The molecule has 3 rings (SSSR count). The number of rotatable bonds is 8. The highest BCUT2D eigenvalue weighted by atomic mass is 32.2. The van der Waals surface area contributed by atoms with Crippen molar-refractivity contribution >= 4 is 46.2 Å². The van der Waals surface area contributed by atoms with Gasteiger partial charge in [-0.1, -0.05) is 30.8 Å². The molecule has 2 aromatic carbocycles. The molecule has 1 aromatic heterocycles. The Morgan fingerprint density at radius 2 is 2.00 bits per heavy atom. The summed E-state index contributed by atoms with van der Waals surface area (Å²) in [6, 6.07) is 12.7. The highest BCUT2D eigenvalue weighted by molar-refractivity contribution is 8.00. The van der Waals surface area contributed by atoms with Crippen LogP contribution < -0.4 is 5.32 Å². The number of nitrogens with zero attached hydrogens (tertiary/aromatic N) is 3. The zero-order valence-electron chi connectivity index (χ0n) is 16.6. The van der Waals surface area contributed by atoms with Crippen LogP contribution in [0.5, 0.6) is 0 Å². The Morgan fingerprint density at radius 1 is 1.23 bits per heavy atom. The van der Waals surface area contributed by atoms with Gasteiger partial charge in [-0.05, 0) is 36.8 Å². The van der Waals surface area contributed by atoms with E-state index in [0.717, 1.165) is 17.0 Å². The van der Waals surface area contributed by atoms with Gasteiger partial charge in [0.05, 0.1) is 39.9 Å². The number of para-hydroxylation sites is 1. The summed E-state index contributed by atoms with van der Waals surface area (Å²) in [5, 5.41) is 12.1. The number of hydrogen-bond acceptors (Lipinski definition) is 5. The minimum atomic E-state index is -4.43. The van der Waals surface area contributed by atoms with Gasteiger partial charge in [-0.3, -0.25) is 4.79 Å². The summed E-state index contributed by atoms with van der Waals surface area (Å²) in [4.78, 5) is 17.7. The lowest BCUT2D eigenvalue weighted by Crippen LogP contribution is -2.15. The first-order chi connectivity index (χ1) is 14.8. The SMILES string of the molecule is CCCn1c(SCC(=O)Nc2ccccc2SCC#N)nc2ccc(C(F)(F)F)cc21. The molecular formula is C21H19F3N4OS2. The Bertz CT molecular complexity index is 1120. The van der Waals surface area contributed by atoms with Crippen molar-refractivity contribution in [2.75, 3.05) is 16.8 Å². The van der Waals surface area contributed by atoms with E-state index >= 15 is 0 Å². The standard InChI is InChI=1S/C21H19F3N4OS2/c1-2-10-28-17-12-14(21(22,23)24)7-8-15(17)27-20(28)31-13-19(29)26-16-5-3-4-6-18(16)30-11-9-25/h3-8,12H,2,10-11,13H2,1H3,(H,26,29). The molecule has 1 N–H and O–H groups in total. The first kappa shape index (κ1) is 23.0. The van der Waals surface area contributed by atoms with Gasteiger partial charge in [0.15, 0.2) is 5.16 Å². The van der Waals surface area contributed by atoms with E-state index in [-0.39, 0.29) is 17.4 Å². The van der Waals surface area contributed by atoms with Gasteiger partial charge in [-0.15, -0.1) is 11.8 Å². The van der Waals surface area contributed by atoms with E-state index in [9.17, 15) is 18.0 Å². The van der Waals surface area contributed by atoms with Gasteiger partial charge in [-0.2, -0.15) is 18.4 Å². The molecule has 1 amide bonds. The molecule has 0 aliphatic heterocycles. The van der Waals surface area contributed by atoms with Crippen LogP contribution in [0.4, 0.5) is 18.9 Å². The maximum absolute atomic E-state index is 13.1. The fourth-order valence-electron chi connectivity index (χ4n) is 2.95. The number of amides is 1. The molecule has 31 heavy (non-hydrogen) atoms. The third-order valence-electron chi connectivity index (χ3n) is 4.27. The van der Waals surface area contributed by atoms with Crippen molar-refractivity contribution in [2.24, 2.45) is 0 Å². The van der Waals surface area contributed by atoms with E-state index in [0.29, 0.717) is 34.8 Å². The van der Waals surface area contributed by atoms with Crippen LogP contribution in [0.25, 0.3) is 11.0 Å². The number of alkyl halides is 3. The highest BCUT2D eigenvalue weighted by Crippen LogP contribution is 2.33. The van der Waals surface area contributed by atoms with E-state index in [2.05, 4.69) is 16.4 Å². The Morgan fingerprint density at radius 3 is 2.71 bits per heavy atom. The van der Waals surface area contributed by atoms with E-state index in [1.807, 2.05) is 19.1 Å². The van der Waals surface area contributed by atoms with Gasteiger partial charge in [0.2, 0.25) is 5.91 Å². The van der Waals surface area contributed by atoms with Gasteiger partial charge >= 0.3 is 6.18 Å². The van der Waals surface area contributed by atoms with Crippen LogP contribution in [0.2, 0.25) is 0 Å². The second-order valence-electron chi connectivity index (χ2n) is 6.53. The average Bonchev–Trinajstić information content (AvgIpc) is 3.08. The largest absolute Gasteiger partial charge is 0.416 e. The zero-order valence-corrected chi connectivity index (χ0v) is 18.2. The van der Waals surface area contributed by atoms with Crippen molar-refractivity contribution in [1.82, 2.24) is 9.55 Å². The minimum absolute atomic E-state index is 0.0520. The van der Waals surface area contributed by atoms with Crippen molar-refractivity contribution < 1.29 is 18.0 Å². The summed E-state index contributed by atoms with van der Waals surface area (Å²) in [7, 11) is 0. The second-order valence-corrected chi connectivity index (χ2v) is 8.49. The Hall–Kier alpha value is -2.64. The number of aryl methyl sites for hydroxylation is 1. The number of aromatic nitrogens is 2. The van der Waals surface area contributed by atoms with Crippen molar-refractivity contribution in [1.29, 1.82) is 5.26 Å². The number of imidazole rings is 1. The van der Waals surface area contributed by atoms with Crippen LogP contribution >= 0.6 is 23.5 Å². The summed E-state index contributed by atoms with van der Waals surface area (Å²) in [6.45, 7) is 2.42. The summed E-state index contributed by atoms with van der Waals surface area (Å²) < 4.78 is 41.0. The summed E-state index contributed by atoms with van der Waals surface area (Å²) >= 11 is 2.50. The number of halogens is 3. The smallest absolute Gasteiger partial charge is 0.324 e. The molecule has 0 spiro atoms. The van der Waals surface area contributed by atoms with Crippen LogP contribution in [0.15, 0.2) is 52.5 Å². The number of nitrogens with one attached hydrogen (secondary N) is 1. The second kappa shape index (κ2) is 10.1. The highest BCUT2D eigenvalue weighted by Gasteiger charge is 2.31. The fourth-order valence-corrected chi connectivity index (χ4v) is 4.46. The number of benzene rings is 2. The number of anilines is 1. The monoisotopic (exact) mass is 464 g/mol. The normalized spacial score (nSPS) is 11.5. The van der Waals surface area contributed by atoms with Crippen molar-refractivity contribution in [3.8, 4) is 6.07 Å². The van der Waals surface area contributed by atoms with Crippen LogP contribution in [-0.4, -0.2) is 27.0 Å². The lowest BCUT2D eigenvalue weighted by atomic mass is 10.2. The van der Waals surface area contributed by atoms with Crippen molar-refractivity contribution in [3.05, 3.63) is 48.0 Å². The molecule has 0 aliphatic rings. The van der Waals surface area contributed by atoms with Gasteiger partial charge in [0.1, 0.15) is 0 Å². The van der Waals surface area contributed by atoms with E-state index < -0.39 is 11.7 Å². The quantitative estimate of drug-likeness (QED) is 0.426. The van der Waals surface area contributed by atoms with Crippen LogP contribution in [-0.2, 0) is 17.5 Å². The molecule has 0 atom stereocenters. The molecular weight excluding hydrogens is 445 g/mol. The lowest BCUT2D eigenvalue weighted by molar-refractivity contribution is -0.137. The van der Waals surface area contributed by atoms with Crippen molar-refractivity contribution in [3.63, 3.8) is 0 Å². The lowest BCUT2D eigenvalue weighted by Gasteiger charge is -2.11. The molecule has 0 bridgehead atoms. The Kier molecular flexibility index (Phi) is 7.51. The molecule has 0 fully saturated rings. The first-order valence-electron chi connectivity index (χ1n) is 9.42.